The maximum absolute atomic E-state index is 13.0. The van der Waals surface area contributed by atoms with Gasteiger partial charge < -0.3 is 10.2 Å². The number of Topliss-reactive ketones (excluding diaryl/α,β-unsaturated/α-hetero) is 1. The molecule has 1 atom stereocenters. The molecule has 1 fully saturated rings. The predicted octanol–water partition coefficient (Wildman–Crippen LogP) is 4.38. The summed E-state index contributed by atoms with van der Waals surface area (Å²) in [4.78, 5) is 31.2. The van der Waals surface area contributed by atoms with Gasteiger partial charge in [-0.15, -0.1) is 0 Å². The molecule has 2 aromatic carbocycles. The fourth-order valence-corrected chi connectivity index (χ4v) is 3.66. The summed E-state index contributed by atoms with van der Waals surface area (Å²) in [5.41, 5.74) is 1.88. The number of halogens is 1. The highest BCUT2D eigenvalue weighted by Gasteiger charge is 2.47. The number of hydrogen-bond acceptors (Lipinski definition) is 5. The Morgan fingerprint density at radius 2 is 1.83 bits per heavy atom. The lowest BCUT2D eigenvalue weighted by Gasteiger charge is -2.25. The van der Waals surface area contributed by atoms with Crippen LogP contribution in [0.3, 0.4) is 0 Å². The standard InChI is InChI=1S/C23H17ClN2O4/c1-13-4-6-14(7-5-13)21(28)19-20(15-3-2-10-25-12-15)26(23(30)22(19)29)17-11-16(24)8-9-18(17)27/h2-12,20,27-28H,1H3/b21-19+. The third kappa shape index (κ3) is 3.31. The first-order chi connectivity index (χ1) is 14.4. The minimum Gasteiger partial charge on any atom is -0.507 e. The van der Waals surface area contributed by atoms with Gasteiger partial charge in [-0.25, -0.2) is 0 Å². The van der Waals surface area contributed by atoms with Gasteiger partial charge in [0.05, 0.1) is 17.3 Å². The van der Waals surface area contributed by atoms with Crippen LogP contribution in [-0.2, 0) is 9.59 Å². The number of phenols is 1. The molecule has 6 nitrogen and oxygen atoms in total. The molecule has 2 N–H and O–H groups in total. The minimum absolute atomic E-state index is 0.0707. The lowest BCUT2D eigenvalue weighted by Crippen LogP contribution is -2.29. The molecular formula is C23H17ClN2O4. The average Bonchev–Trinajstić information content (AvgIpc) is 3.01. The van der Waals surface area contributed by atoms with Gasteiger partial charge in [-0.2, -0.15) is 0 Å². The highest BCUT2D eigenvalue weighted by molar-refractivity contribution is 6.52. The van der Waals surface area contributed by atoms with Crippen LogP contribution in [0.2, 0.25) is 5.02 Å². The lowest BCUT2D eigenvalue weighted by atomic mass is 9.96. The first-order valence-electron chi connectivity index (χ1n) is 9.15. The predicted molar refractivity (Wildman–Crippen MR) is 113 cm³/mol. The van der Waals surface area contributed by atoms with Crippen molar-refractivity contribution < 1.29 is 19.8 Å². The van der Waals surface area contributed by atoms with Crippen molar-refractivity contribution in [2.24, 2.45) is 0 Å². The summed E-state index contributed by atoms with van der Waals surface area (Å²) in [6.07, 6.45) is 3.07. The summed E-state index contributed by atoms with van der Waals surface area (Å²) in [6, 6.07) is 13.5. The van der Waals surface area contributed by atoms with E-state index in [1.165, 1.54) is 24.4 Å². The van der Waals surface area contributed by atoms with E-state index >= 15 is 0 Å². The monoisotopic (exact) mass is 420 g/mol. The van der Waals surface area contributed by atoms with E-state index in [0.29, 0.717) is 11.1 Å². The summed E-state index contributed by atoms with van der Waals surface area (Å²) < 4.78 is 0. The molecule has 1 saturated heterocycles. The molecule has 7 heteroatoms. The van der Waals surface area contributed by atoms with Gasteiger partial charge in [0.25, 0.3) is 11.7 Å². The Morgan fingerprint density at radius 1 is 1.10 bits per heavy atom. The van der Waals surface area contributed by atoms with Crippen molar-refractivity contribution in [3.63, 3.8) is 0 Å². The molecule has 1 aliphatic heterocycles. The number of aliphatic hydroxyl groups is 1. The first-order valence-corrected chi connectivity index (χ1v) is 9.52. The summed E-state index contributed by atoms with van der Waals surface area (Å²) in [5.74, 6) is -2.26. The zero-order valence-corrected chi connectivity index (χ0v) is 16.7. The van der Waals surface area contributed by atoms with E-state index in [-0.39, 0.29) is 27.8 Å². The Balaban J connectivity index is 1.97. The van der Waals surface area contributed by atoms with E-state index in [1.54, 1.807) is 42.6 Å². The number of phenolic OH excluding ortho intramolecular Hbond substituents is 1. The van der Waals surface area contributed by atoms with Crippen LogP contribution in [0, 0.1) is 6.92 Å². The van der Waals surface area contributed by atoms with Crippen LogP contribution >= 0.6 is 11.6 Å². The van der Waals surface area contributed by atoms with Gasteiger partial charge >= 0.3 is 0 Å². The number of nitrogens with zero attached hydrogens (tertiary/aromatic N) is 2. The van der Waals surface area contributed by atoms with Crippen molar-refractivity contribution in [1.29, 1.82) is 0 Å². The van der Waals surface area contributed by atoms with Gasteiger partial charge in [-0.1, -0.05) is 47.5 Å². The number of hydrogen-bond donors (Lipinski definition) is 2. The third-order valence-corrected chi connectivity index (χ3v) is 5.20. The summed E-state index contributed by atoms with van der Waals surface area (Å²) in [6.45, 7) is 1.90. The minimum atomic E-state index is -0.982. The van der Waals surface area contributed by atoms with Gasteiger partial charge in [0.15, 0.2) is 0 Å². The number of anilines is 1. The molecule has 1 amide bonds. The Hall–Kier alpha value is -3.64. The number of pyridine rings is 1. The third-order valence-electron chi connectivity index (χ3n) is 4.97. The van der Waals surface area contributed by atoms with Crippen molar-refractivity contribution in [3.8, 4) is 5.75 Å². The molecule has 1 unspecified atom stereocenters. The average molecular weight is 421 g/mol. The maximum Gasteiger partial charge on any atom is 0.300 e. The Kier molecular flexibility index (Phi) is 5.01. The number of aromatic nitrogens is 1. The van der Waals surface area contributed by atoms with Crippen LogP contribution < -0.4 is 4.90 Å². The Bertz CT molecular complexity index is 1170. The largest absolute Gasteiger partial charge is 0.507 e. The van der Waals surface area contributed by atoms with Gasteiger partial charge in [0.2, 0.25) is 0 Å². The van der Waals surface area contributed by atoms with E-state index in [9.17, 15) is 19.8 Å². The van der Waals surface area contributed by atoms with Crippen LogP contribution in [0.5, 0.6) is 5.75 Å². The van der Waals surface area contributed by atoms with Crippen molar-refractivity contribution in [1.82, 2.24) is 4.98 Å². The summed E-state index contributed by atoms with van der Waals surface area (Å²) >= 11 is 6.07. The van der Waals surface area contributed by atoms with Crippen LogP contribution in [0.15, 0.2) is 72.6 Å². The summed E-state index contributed by atoms with van der Waals surface area (Å²) in [7, 11) is 0. The van der Waals surface area contributed by atoms with Gasteiger partial charge in [0, 0.05) is 23.0 Å². The molecule has 0 aliphatic carbocycles. The normalized spacial score (nSPS) is 18.1. The second-order valence-corrected chi connectivity index (χ2v) is 7.39. The number of aliphatic hydroxyl groups excluding tert-OH is 1. The number of benzene rings is 2. The van der Waals surface area contributed by atoms with Crippen molar-refractivity contribution in [2.45, 2.75) is 13.0 Å². The molecule has 0 radical (unpaired) electrons. The maximum atomic E-state index is 13.0. The number of carbonyl (C=O) groups excluding carboxylic acids is 2. The molecule has 1 aromatic heterocycles. The highest BCUT2D eigenvalue weighted by atomic mass is 35.5. The quantitative estimate of drug-likeness (QED) is 0.373. The topological polar surface area (TPSA) is 90.7 Å². The SMILES string of the molecule is Cc1ccc(/C(O)=C2\C(=O)C(=O)N(c3cc(Cl)ccc3O)C2c2cccnc2)cc1. The number of ketones is 1. The molecule has 0 spiro atoms. The van der Waals surface area contributed by atoms with Crippen LogP contribution in [-0.4, -0.2) is 26.9 Å². The molecule has 4 rings (SSSR count). The number of carbonyl (C=O) groups is 2. The fourth-order valence-electron chi connectivity index (χ4n) is 3.49. The fraction of sp³-hybridized carbons (Fsp3) is 0.0870. The molecule has 150 valence electrons. The Morgan fingerprint density at radius 3 is 2.50 bits per heavy atom. The number of amides is 1. The number of rotatable bonds is 3. The van der Waals surface area contributed by atoms with Gasteiger partial charge in [-0.3, -0.25) is 19.5 Å². The molecule has 0 bridgehead atoms. The molecule has 30 heavy (non-hydrogen) atoms. The van der Waals surface area contributed by atoms with Crippen molar-refractivity contribution in [3.05, 3.63) is 94.3 Å². The van der Waals surface area contributed by atoms with E-state index in [2.05, 4.69) is 4.98 Å². The van der Waals surface area contributed by atoms with Crippen molar-refractivity contribution in [2.75, 3.05) is 4.90 Å². The second kappa shape index (κ2) is 7.65. The Labute approximate surface area is 177 Å². The smallest absolute Gasteiger partial charge is 0.300 e. The number of aryl methyl sites for hydroxylation is 1. The van der Waals surface area contributed by atoms with E-state index in [1.807, 2.05) is 6.92 Å². The zero-order chi connectivity index (χ0) is 21.4. The molecule has 2 heterocycles. The lowest BCUT2D eigenvalue weighted by molar-refractivity contribution is -0.132. The van der Waals surface area contributed by atoms with Crippen molar-refractivity contribution >= 4 is 34.7 Å². The molecule has 0 saturated carbocycles. The van der Waals surface area contributed by atoms with E-state index < -0.39 is 17.7 Å². The highest BCUT2D eigenvalue weighted by Crippen LogP contribution is 2.45. The van der Waals surface area contributed by atoms with Crippen LogP contribution in [0.4, 0.5) is 5.69 Å². The number of aromatic hydroxyl groups is 1. The zero-order valence-electron chi connectivity index (χ0n) is 15.9. The van der Waals surface area contributed by atoms with E-state index in [4.69, 9.17) is 11.6 Å². The molecule has 3 aromatic rings. The molecular weight excluding hydrogens is 404 g/mol. The van der Waals surface area contributed by atoms with Crippen LogP contribution in [0.1, 0.15) is 22.7 Å². The van der Waals surface area contributed by atoms with E-state index in [0.717, 1.165) is 10.5 Å². The summed E-state index contributed by atoms with van der Waals surface area (Å²) in [5, 5.41) is 21.7. The van der Waals surface area contributed by atoms with Gasteiger partial charge in [-0.05, 0) is 36.8 Å². The second-order valence-electron chi connectivity index (χ2n) is 6.95. The van der Waals surface area contributed by atoms with Gasteiger partial charge in [0.1, 0.15) is 11.5 Å². The molecule has 1 aliphatic rings. The van der Waals surface area contributed by atoms with Crippen LogP contribution in [0.25, 0.3) is 5.76 Å². The first kappa shape index (κ1) is 19.7.